The highest BCUT2D eigenvalue weighted by Gasteiger charge is 2.06. The Bertz CT molecular complexity index is 806. The van der Waals surface area contributed by atoms with Crippen LogP contribution in [0.4, 0.5) is 4.39 Å². The summed E-state index contributed by atoms with van der Waals surface area (Å²) >= 11 is 0. The van der Waals surface area contributed by atoms with Crippen molar-refractivity contribution >= 4 is 18.0 Å². The van der Waals surface area contributed by atoms with Crippen molar-refractivity contribution in [2.45, 2.75) is 0 Å². The van der Waals surface area contributed by atoms with E-state index < -0.39 is 24.3 Å². The molecular weight excluding hydrogens is 353 g/mol. The molecule has 0 radical (unpaired) electrons. The molecule has 0 aliphatic rings. The van der Waals surface area contributed by atoms with Crippen molar-refractivity contribution in [1.29, 1.82) is 0 Å². The molecule has 6 nitrogen and oxygen atoms in total. The van der Waals surface area contributed by atoms with Gasteiger partial charge in [0.05, 0.1) is 13.7 Å². The minimum absolute atomic E-state index is 0.236. The van der Waals surface area contributed by atoms with Gasteiger partial charge >= 0.3 is 5.97 Å². The molecule has 0 saturated heterocycles. The van der Waals surface area contributed by atoms with Crippen LogP contribution >= 0.6 is 0 Å². The molecule has 2 rings (SSSR count). The Morgan fingerprint density at radius 2 is 1.89 bits per heavy atom. The van der Waals surface area contributed by atoms with E-state index in [0.717, 1.165) is 6.08 Å². The molecule has 0 heterocycles. The van der Waals surface area contributed by atoms with Gasteiger partial charge in [-0.15, -0.1) is 0 Å². The summed E-state index contributed by atoms with van der Waals surface area (Å²) in [6.07, 6.45) is 2.54. The first kappa shape index (κ1) is 20.0. The number of carbonyl (C=O) groups excluding carboxylic acids is 2. The standard InChI is InChI=1S/C20H20FNO5/c1-25-17-7-2-3-8-18(17)26-12-11-22-19(23)14-27-20(24)10-9-15-5-4-6-16(21)13-15/h2-10,13H,11-12,14H2,1H3,(H,22,23)/b10-9+. The minimum atomic E-state index is -0.695. The molecule has 1 N–H and O–H groups in total. The largest absolute Gasteiger partial charge is 0.493 e. The first-order valence-electron chi connectivity index (χ1n) is 8.21. The fourth-order valence-corrected chi connectivity index (χ4v) is 2.10. The molecule has 0 aliphatic carbocycles. The Balaban J connectivity index is 1.65. The summed E-state index contributed by atoms with van der Waals surface area (Å²) in [6.45, 7) is 0.0636. The first-order valence-corrected chi connectivity index (χ1v) is 8.21. The number of rotatable bonds is 9. The van der Waals surface area contributed by atoms with Crippen molar-refractivity contribution in [2.24, 2.45) is 0 Å². The molecule has 2 aromatic rings. The Kier molecular flexibility index (Phi) is 7.84. The van der Waals surface area contributed by atoms with Crippen LogP contribution in [0.5, 0.6) is 11.5 Å². The average molecular weight is 373 g/mol. The third-order valence-corrected chi connectivity index (χ3v) is 3.36. The van der Waals surface area contributed by atoms with Gasteiger partial charge in [0.15, 0.2) is 18.1 Å². The zero-order valence-corrected chi connectivity index (χ0v) is 14.8. The van der Waals surface area contributed by atoms with Gasteiger partial charge in [-0.1, -0.05) is 24.3 Å². The molecule has 7 heteroatoms. The van der Waals surface area contributed by atoms with Gasteiger partial charge in [0.2, 0.25) is 0 Å². The normalized spacial score (nSPS) is 10.4. The van der Waals surface area contributed by atoms with Gasteiger partial charge in [0.25, 0.3) is 5.91 Å². The maximum atomic E-state index is 13.0. The van der Waals surface area contributed by atoms with Gasteiger partial charge in [-0.05, 0) is 35.9 Å². The number of amides is 1. The number of ether oxygens (including phenoxy) is 3. The van der Waals surface area contributed by atoms with Gasteiger partial charge < -0.3 is 19.5 Å². The summed E-state index contributed by atoms with van der Waals surface area (Å²) in [7, 11) is 1.54. The summed E-state index contributed by atoms with van der Waals surface area (Å²) in [4.78, 5) is 23.2. The predicted octanol–water partition coefficient (Wildman–Crippen LogP) is 2.59. The van der Waals surface area contributed by atoms with Gasteiger partial charge in [0, 0.05) is 6.08 Å². The zero-order chi connectivity index (χ0) is 19.5. The fraction of sp³-hybridized carbons (Fsp3) is 0.200. The molecule has 0 aromatic heterocycles. The molecule has 142 valence electrons. The van der Waals surface area contributed by atoms with E-state index in [0.29, 0.717) is 17.1 Å². The van der Waals surface area contributed by atoms with Crippen molar-refractivity contribution in [3.05, 3.63) is 66.0 Å². The quantitative estimate of drug-likeness (QED) is 0.415. The van der Waals surface area contributed by atoms with Crippen molar-refractivity contribution in [3.63, 3.8) is 0 Å². The van der Waals surface area contributed by atoms with Crippen LogP contribution < -0.4 is 14.8 Å². The van der Waals surface area contributed by atoms with Crippen LogP contribution in [0.2, 0.25) is 0 Å². The number of hydrogen-bond acceptors (Lipinski definition) is 5. The van der Waals surface area contributed by atoms with E-state index >= 15 is 0 Å². The van der Waals surface area contributed by atoms with Gasteiger partial charge in [0.1, 0.15) is 12.4 Å². The Hall–Kier alpha value is -3.35. The number of benzene rings is 2. The topological polar surface area (TPSA) is 73.9 Å². The van der Waals surface area contributed by atoms with Crippen molar-refractivity contribution < 1.29 is 28.2 Å². The molecule has 0 saturated carbocycles. The lowest BCUT2D eigenvalue weighted by atomic mass is 10.2. The fourth-order valence-electron chi connectivity index (χ4n) is 2.10. The number of carbonyl (C=O) groups is 2. The van der Waals surface area contributed by atoms with E-state index in [4.69, 9.17) is 14.2 Å². The second-order valence-electron chi connectivity index (χ2n) is 5.35. The van der Waals surface area contributed by atoms with Crippen LogP contribution in [0.25, 0.3) is 6.08 Å². The molecule has 0 aliphatic heterocycles. The molecule has 0 atom stereocenters. The second-order valence-corrected chi connectivity index (χ2v) is 5.35. The van der Waals surface area contributed by atoms with E-state index in [1.807, 2.05) is 12.1 Å². The van der Waals surface area contributed by atoms with E-state index in [1.54, 1.807) is 25.3 Å². The average Bonchev–Trinajstić information content (AvgIpc) is 2.68. The third kappa shape index (κ3) is 7.19. The summed E-state index contributed by atoms with van der Waals surface area (Å²) in [6, 6.07) is 12.9. The predicted molar refractivity (Wildman–Crippen MR) is 97.9 cm³/mol. The molecule has 1 amide bonds. The lowest BCUT2D eigenvalue weighted by molar-refractivity contribution is -0.143. The smallest absolute Gasteiger partial charge is 0.331 e. The maximum absolute atomic E-state index is 13.0. The van der Waals surface area contributed by atoms with Crippen LogP contribution in [0.3, 0.4) is 0 Å². The molecule has 0 fully saturated rings. The first-order chi connectivity index (χ1) is 13.1. The maximum Gasteiger partial charge on any atom is 0.331 e. The Labute approximate surface area is 156 Å². The zero-order valence-electron chi connectivity index (χ0n) is 14.8. The molecule has 0 unspecified atom stereocenters. The number of hydrogen-bond donors (Lipinski definition) is 1. The highest BCUT2D eigenvalue weighted by atomic mass is 19.1. The Morgan fingerprint density at radius 3 is 2.63 bits per heavy atom. The number of esters is 1. The Morgan fingerprint density at radius 1 is 1.11 bits per heavy atom. The highest BCUT2D eigenvalue weighted by Crippen LogP contribution is 2.25. The number of nitrogens with one attached hydrogen (secondary N) is 1. The monoisotopic (exact) mass is 373 g/mol. The van der Waals surface area contributed by atoms with Crippen LogP contribution in [0, 0.1) is 5.82 Å². The third-order valence-electron chi connectivity index (χ3n) is 3.36. The minimum Gasteiger partial charge on any atom is -0.493 e. The van der Waals surface area contributed by atoms with Crippen LogP contribution in [-0.2, 0) is 14.3 Å². The molecule has 0 bridgehead atoms. The van der Waals surface area contributed by atoms with E-state index in [-0.39, 0.29) is 13.2 Å². The lowest BCUT2D eigenvalue weighted by Gasteiger charge is -2.10. The molecular formula is C20H20FNO5. The van der Waals surface area contributed by atoms with Gasteiger partial charge in [-0.25, -0.2) is 9.18 Å². The molecule has 0 spiro atoms. The molecule has 2 aromatic carbocycles. The van der Waals surface area contributed by atoms with Crippen molar-refractivity contribution in [3.8, 4) is 11.5 Å². The summed E-state index contributed by atoms with van der Waals surface area (Å²) < 4.78 is 28.5. The highest BCUT2D eigenvalue weighted by molar-refractivity contribution is 5.89. The van der Waals surface area contributed by atoms with E-state index in [1.165, 1.54) is 24.3 Å². The second kappa shape index (κ2) is 10.6. The van der Waals surface area contributed by atoms with Crippen molar-refractivity contribution in [1.82, 2.24) is 5.32 Å². The number of halogens is 1. The van der Waals surface area contributed by atoms with Gasteiger partial charge in [-0.3, -0.25) is 4.79 Å². The van der Waals surface area contributed by atoms with Crippen molar-refractivity contribution in [2.75, 3.05) is 26.9 Å². The lowest BCUT2D eigenvalue weighted by Crippen LogP contribution is -2.31. The van der Waals surface area contributed by atoms with Crippen LogP contribution in [0.15, 0.2) is 54.6 Å². The van der Waals surface area contributed by atoms with Gasteiger partial charge in [-0.2, -0.15) is 0 Å². The summed E-state index contributed by atoms with van der Waals surface area (Å²) in [5, 5.41) is 2.57. The van der Waals surface area contributed by atoms with Crippen LogP contribution in [0.1, 0.15) is 5.56 Å². The summed E-state index contributed by atoms with van der Waals surface area (Å²) in [5.41, 5.74) is 0.518. The number of methoxy groups -OCH3 is 1. The van der Waals surface area contributed by atoms with E-state index in [9.17, 15) is 14.0 Å². The van der Waals surface area contributed by atoms with Crippen LogP contribution in [-0.4, -0.2) is 38.7 Å². The summed E-state index contributed by atoms with van der Waals surface area (Å²) in [5.74, 6) is -0.378. The SMILES string of the molecule is COc1ccccc1OCCNC(=O)COC(=O)/C=C/c1cccc(F)c1. The van der Waals surface area contributed by atoms with E-state index in [2.05, 4.69) is 5.32 Å². The number of para-hydroxylation sites is 2. The molecule has 27 heavy (non-hydrogen) atoms.